The lowest BCUT2D eigenvalue weighted by Crippen LogP contribution is -2.49. The van der Waals surface area contributed by atoms with Crippen LogP contribution in [0.1, 0.15) is 23.6 Å². The number of aromatic nitrogens is 2. The van der Waals surface area contributed by atoms with Gasteiger partial charge in [-0.15, -0.1) is 10.2 Å². The normalized spacial score (nSPS) is 15.3. The van der Waals surface area contributed by atoms with Gasteiger partial charge in [-0.2, -0.15) is 4.31 Å². The lowest BCUT2D eigenvalue weighted by molar-refractivity contribution is 0.383. The van der Waals surface area contributed by atoms with Crippen molar-refractivity contribution in [1.29, 1.82) is 0 Å². The van der Waals surface area contributed by atoms with E-state index in [1.807, 2.05) is 38.1 Å². The predicted octanol–water partition coefficient (Wildman–Crippen LogP) is 3.83. The SMILES string of the molecule is CCc1ccc(-c2ccc(N3CCN(S(=O)(=O)c4cc(C)ccc4C)CC3)nn2)cc1. The molecule has 0 radical (unpaired) electrons. The lowest BCUT2D eigenvalue weighted by Gasteiger charge is -2.34. The first-order chi connectivity index (χ1) is 14.9. The molecule has 1 aliphatic heterocycles. The molecule has 0 amide bonds. The monoisotopic (exact) mass is 436 g/mol. The van der Waals surface area contributed by atoms with Gasteiger partial charge in [0.2, 0.25) is 10.0 Å². The van der Waals surface area contributed by atoms with Crippen molar-refractivity contribution in [2.24, 2.45) is 0 Å². The summed E-state index contributed by atoms with van der Waals surface area (Å²) in [5, 5.41) is 8.79. The molecule has 0 atom stereocenters. The Morgan fingerprint density at radius 3 is 2.19 bits per heavy atom. The minimum Gasteiger partial charge on any atom is -0.352 e. The Morgan fingerprint density at radius 1 is 0.871 bits per heavy atom. The summed E-state index contributed by atoms with van der Waals surface area (Å²) in [4.78, 5) is 2.49. The first kappa shape index (κ1) is 21.5. The summed E-state index contributed by atoms with van der Waals surface area (Å²) >= 11 is 0. The molecule has 0 unspecified atom stereocenters. The van der Waals surface area contributed by atoms with Crippen molar-refractivity contribution in [2.75, 3.05) is 31.1 Å². The molecule has 0 bridgehead atoms. The topological polar surface area (TPSA) is 66.4 Å². The molecule has 3 aromatic rings. The number of nitrogens with zero attached hydrogens (tertiary/aromatic N) is 4. The van der Waals surface area contributed by atoms with E-state index in [9.17, 15) is 8.42 Å². The molecule has 0 saturated carbocycles. The van der Waals surface area contributed by atoms with Gasteiger partial charge >= 0.3 is 0 Å². The second kappa shape index (κ2) is 8.77. The summed E-state index contributed by atoms with van der Waals surface area (Å²) in [5.41, 5.74) is 4.90. The molecule has 31 heavy (non-hydrogen) atoms. The van der Waals surface area contributed by atoms with Gasteiger partial charge < -0.3 is 4.90 Å². The molecule has 6 nitrogen and oxygen atoms in total. The molecule has 7 heteroatoms. The summed E-state index contributed by atoms with van der Waals surface area (Å²) in [6, 6.07) is 17.9. The molecule has 2 heterocycles. The van der Waals surface area contributed by atoms with Crippen LogP contribution in [0.25, 0.3) is 11.3 Å². The van der Waals surface area contributed by atoms with Crippen molar-refractivity contribution in [1.82, 2.24) is 14.5 Å². The van der Waals surface area contributed by atoms with Crippen LogP contribution in [-0.4, -0.2) is 49.1 Å². The van der Waals surface area contributed by atoms with Crippen LogP contribution in [-0.2, 0) is 16.4 Å². The summed E-state index contributed by atoms with van der Waals surface area (Å²) in [6.07, 6.45) is 1.01. The van der Waals surface area contributed by atoms with Crippen molar-refractivity contribution in [2.45, 2.75) is 32.1 Å². The van der Waals surface area contributed by atoms with E-state index in [-0.39, 0.29) is 0 Å². The zero-order chi connectivity index (χ0) is 22.0. The Hall–Kier alpha value is -2.77. The lowest BCUT2D eigenvalue weighted by atomic mass is 10.1. The molecule has 162 valence electrons. The summed E-state index contributed by atoms with van der Waals surface area (Å²) < 4.78 is 27.8. The van der Waals surface area contributed by atoms with Crippen molar-refractivity contribution < 1.29 is 8.42 Å². The molecule has 1 aromatic heterocycles. The number of piperazine rings is 1. The average molecular weight is 437 g/mol. The third kappa shape index (κ3) is 4.48. The second-order valence-electron chi connectivity index (χ2n) is 7.99. The van der Waals surface area contributed by atoms with Crippen LogP contribution < -0.4 is 4.90 Å². The maximum Gasteiger partial charge on any atom is 0.243 e. The highest BCUT2D eigenvalue weighted by Gasteiger charge is 2.30. The zero-order valence-electron chi connectivity index (χ0n) is 18.2. The minimum atomic E-state index is -3.50. The van der Waals surface area contributed by atoms with Crippen molar-refractivity contribution >= 4 is 15.8 Å². The van der Waals surface area contributed by atoms with E-state index in [1.165, 1.54) is 5.56 Å². The van der Waals surface area contributed by atoms with Crippen molar-refractivity contribution in [3.8, 4) is 11.3 Å². The van der Waals surface area contributed by atoms with Gasteiger partial charge in [0, 0.05) is 31.7 Å². The fourth-order valence-corrected chi connectivity index (χ4v) is 5.57. The van der Waals surface area contributed by atoms with E-state index >= 15 is 0 Å². The van der Waals surface area contributed by atoms with E-state index in [0.717, 1.165) is 34.6 Å². The largest absolute Gasteiger partial charge is 0.352 e. The number of anilines is 1. The third-order valence-electron chi connectivity index (χ3n) is 5.83. The first-order valence-corrected chi connectivity index (χ1v) is 12.1. The average Bonchev–Trinajstić information content (AvgIpc) is 2.81. The van der Waals surface area contributed by atoms with Crippen LogP contribution in [0.5, 0.6) is 0 Å². The molecule has 4 rings (SSSR count). The van der Waals surface area contributed by atoms with Crippen LogP contribution in [0.4, 0.5) is 5.82 Å². The molecule has 1 aliphatic rings. The van der Waals surface area contributed by atoms with Crippen molar-refractivity contribution in [3.63, 3.8) is 0 Å². The van der Waals surface area contributed by atoms with E-state index in [4.69, 9.17) is 0 Å². The van der Waals surface area contributed by atoms with E-state index in [0.29, 0.717) is 31.1 Å². The van der Waals surface area contributed by atoms with Gasteiger partial charge in [0.25, 0.3) is 0 Å². The minimum absolute atomic E-state index is 0.402. The fraction of sp³-hybridized carbons (Fsp3) is 0.333. The predicted molar refractivity (Wildman–Crippen MR) is 124 cm³/mol. The molecule has 0 spiro atoms. The maximum absolute atomic E-state index is 13.1. The molecular formula is C24H28N4O2S. The van der Waals surface area contributed by atoms with Gasteiger partial charge in [0.15, 0.2) is 5.82 Å². The first-order valence-electron chi connectivity index (χ1n) is 10.6. The van der Waals surface area contributed by atoms with Gasteiger partial charge in [0.05, 0.1) is 10.6 Å². The van der Waals surface area contributed by atoms with Crippen LogP contribution >= 0.6 is 0 Å². The highest BCUT2D eigenvalue weighted by Crippen LogP contribution is 2.24. The Balaban J connectivity index is 1.44. The Morgan fingerprint density at radius 2 is 1.58 bits per heavy atom. The smallest absolute Gasteiger partial charge is 0.243 e. The van der Waals surface area contributed by atoms with Crippen LogP contribution in [0.2, 0.25) is 0 Å². The van der Waals surface area contributed by atoms with E-state index < -0.39 is 10.0 Å². The van der Waals surface area contributed by atoms with Crippen molar-refractivity contribution in [3.05, 3.63) is 71.3 Å². The summed E-state index contributed by atoms with van der Waals surface area (Å²) in [5.74, 6) is 0.776. The third-order valence-corrected chi connectivity index (χ3v) is 7.87. The second-order valence-corrected chi connectivity index (χ2v) is 9.89. The van der Waals surface area contributed by atoms with Gasteiger partial charge in [-0.25, -0.2) is 8.42 Å². The summed E-state index contributed by atoms with van der Waals surface area (Å²) in [7, 11) is -3.50. The molecular weight excluding hydrogens is 408 g/mol. The van der Waals surface area contributed by atoms with Crippen LogP contribution in [0.3, 0.4) is 0 Å². The highest BCUT2D eigenvalue weighted by molar-refractivity contribution is 7.89. The van der Waals surface area contributed by atoms with E-state index in [1.54, 1.807) is 10.4 Å². The molecule has 0 N–H and O–H groups in total. The number of aryl methyl sites for hydroxylation is 3. The molecule has 1 fully saturated rings. The molecule has 0 aliphatic carbocycles. The molecule has 2 aromatic carbocycles. The quantitative estimate of drug-likeness (QED) is 0.608. The van der Waals surface area contributed by atoms with Gasteiger partial charge in [-0.05, 0) is 55.2 Å². The Labute approximate surface area is 184 Å². The van der Waals surface area contributed by atoms with Crippen LogP contribution in [0, 0.1) is 13.8 Å². The van der Waals surface area contributed by atoms with Gasteiger partial charge in [0.1, 0.15) is 0 Å². The van der Waals surface area contributed by atoms with E-state index in [2.05, 4.69) is 46.3 Å². The van der Waals surface area contributed by atoms with Gasteiger partial charge in [-0.3, -0.25) is 0 Å². The Bertz CT molecular complexity index is 1150. The number of hydrogen-bond donors (Lipinski definition) is 0. The number of hydrogen-bond acceptors (Lipinski definition) is 5. The number of rotatable bonds is 5. The number of sulfonamides is 1. The van der Waals surface area contributed by atoms with Gasteiger partial charge in [-0.1, -0.05) is 43.3 Å². The fourth-order valence-electron chi connectivity index (χ4n) is 3.84. The standard InChI is InChI=1S/C24H28N4O2S/c1-4-20-7-9-21(10-8-20)22-11-12-24(26-25-22)27-13-15-28(16-14-27)31(29,30)23-17-18(2)5-6-19(23)3/h5-12,17H,4,13-16H2,1-3H3. The maximum atomic E-state index is 13.1. The number of benzene rings is 2. The Kier molecular flexibility index (Phi) is 6.07. The zero-order valence-corrected chi connectivity index (χ0v) is 19.1. The summed E-state index contributed by atoms with van der Waals surface area (Å²) in [6.45, 7) is 7.92. The van der Waals surface area contributed by atoms with Crippen LogP contribution in [0.15, 0.2) is 59.5 Å². The molecule has 1 saturated heterocycles. The highest BCUT2D eigenvalue weighted by atomic mass is 32.2.